The van der Waals surface area contributed by atoms with Gasteiger partial charge in [0.1, 0.15) is 23.3 Å². The zero-order valence-electron chi connectivity index (χ0n) is 17.0. The Morgan fingerprint density at radius 2 is 1.79 bits per heavy atom. The number of benzene rings is 1. The fourth-order valence-corrected chi connectivity index (χ4v) is 4.11. The molecule has 0 N–H and O–H groups in total. The molecule has 1 aliphatic heterocycles. The first-order valence-corrected chi connectivity index (χ1v) is 9.82. The summed E-state index contributed by atoms with van der Waals surface area (Å²) in [6.45, 7) is -0.0424. The molecule has 1 saturated heterocycles. The molecule has 0 saturated carbocycles. The SMILES string of the molecule is CC(=O)N1CCC(c2cc(=O)c3cc(F)c4nc(C(F)(F)F)n(CC(F)(F)F)c4c3o2)CC1. The fraction of sp³-hybridized carbons (Fsp3) is 0.450. The normalized spacial score (nSPS) is 16.2. The monoisotopic (exact) mass is 479 g/mol. The van der Waals surface area contributed by atoms with Crippen molar-refractivity contribution in [2.45, 2.75) is 44.6 Å². The van der Waals surface area contributed by atoms with E-state index in [0.717, 1.165) is 6.07 Å². The van der Waals surface area contributed by atoms with Crippen molar-refractivity contribution in [2.24, 2.45) is 0 Å². The Morgan fingerprint density at radius 3 is 2.33 bits per heavy atom. The highest BCUT2D eigenvalue weighted by Crippen LogP contribution is 2.38. The molecule has 1 aliphatic rings. The number of hydrogen-bond acceptors (Lipinski definition) is 4. The van der Waals surface area contributed by atoms with Crippen LogP contribution in [0.2, 0.25) is 0 Å². The molecule has 178 valence electrons. The van der Waals surface area contributed by atoms with E-state index >= 15 is 0 Å². The Morgan fingerprint density at radius 1 is 1.15 bits per heavy atom. The molecule has 13 heteroatoms. The van der Waals surface area contributed by atoms with Crippen molar-refractivity contribution in [3.63, 3.8) is 0 Å². The lowest BCUT2D eigenvalue weighted by molar-refractivity contribution is -0.160. The molecule has 0 bridgehead atoms. The van der Waals surface area contributed by atoms with Gasteiger partial charge in [0.2, 0.25) is 11.7 Å². The Balaban J connectivity index is 1.96. The summed E-state index contributed by atoms with van der Waals surface area (Å²) in [6, 6.07) is 1.66. The summed E-state index contributed by atoms with van der Waals surface area (Å²) in [5.74, 6) is -3.85. The molecule has 1 amide bonds. The van der Waals surface area contributed by atoms with E-state index in [1.807, 2.05) is 0 Å². The summed E-state index contributed by atoms with van der Waals surface area (Å²) in [5.41, 5.74) is -3.29. The van der Waals surface area contributed by atoms with E-state index in [9.17, 15) is 40.3 Å². The number of alkyl halides is 6. The van der Waals surface area contributed by atoms with Gasteiger partial charge in [-0.15, -0.1) is 0 Å². The van der Waals surface area contributed by atoms with Gasteiger partial charge in [0.25, 0.3) is 0 Å². The van der Waals surface area contributed by atoms with Crippen LogP contribution in [-0.2, 0) is 17.5 Å². The number of aromatic nitrogens is 2. The number of likely N-dealkylation sites (tertiary alicyclic amines) is 1. The Kier molecular flexibility index (Phi) is 5.40. The van der Waals surface area contributed by atoms with Crippen LogP contribution >= 0.6 is 0 Å². The summed E-state index contributed by atoms with van der Waals surface area (Å²) in [7, 11) is 0. The largest absolute Gasteiger partial charge is 0.458 e. The second-order valence-corrected chi connectivity index (χ2v) is 7.86. The number of rotatable bonds is 2. The minimum absolute atomic E-state index is 0.0388. The molecule has 1 fully saturated rings. The van der Waals surface area contributed by atoms with Crippen LogP contribution in [0.1, 0.15) is 37.3 Å². The molecule has 0 spiro atoms. The third-order valence-electron chi connectivity index (χ3n) is 5.62. The van der Waals surface area contributed by atoms with Crippen molar-refractivity contribution >= 4 is 27.9 Å². The third kappa shape index (κ3) is 4.27. The second-order valence-electron chi connectivity index (χ2n) is 7.86. The van der Waals surface area contributed by atoms with Crippen molar-refractivity contribution in [1.29, 1.82) is 0 Å². The zero-order chi connectivity index (χ0) is 24.3. The fourth-order valence-electron chi connectivity index (χ4n) is 4.11. The topological polar surface area (TPSA) is 68.3 Å². The Bertz CT molecular complexity index is 1300. The summed E-state index contributed by atoms with van der Waals surface area (Å²) in [5, 5.41) is -0.498. The first-order chi connectivity index (χ1) is 15.3. The van der Waals surface area contributed by atoms with E-state index in [-0.39, 0.29) is 16.2 Å². The Hall–Kier alpha value is -3.12. The van der Waals surface area contributed by atoms with Crippen molar-refractivity contribution in [2.75, 3.05) is 13.1 Å². The van der Waals surface area contributed by atoms with Crippen LogP contribution in [0.4, 0.5) is 30.7 Å². The van der Waals surface area contributed by atoms with E-state index in [0.29, 0.717) is 32.0 Å². The van der Waals surface area contributed by atoms with E-state index < -0.39 is 63.9 Å². The highest BCUT2D eigenvalue weighted by Gasteiger charge is 2.42. The minimum Gasteiger partial charge on any atom is -0.458 e. The van der Waals surface area contributed by atoms with E-state index in [1.54, 1.807) is 4.90 Å². The van der Waals surface area contributed by atoms with Crippen LogP contribution in [0, 0.1) is 5.82 Å². The van der Waals surface area contributed by atoms with E-state index in [1.165, 1.54) is 6.92 Å². The number of carbonyl (C=O) groups excluding carboxylic acids is 1. The number of piperidine rings is 1. The van der Waals surface area contributed by atoms with Gasteiger partial charge in [0.15, 0.2) is 16.8 Å². The van der Waals surface area contributed by atoms with Crippen molar-refractivity contribution in [1.82, 2.24) is 14.5 Å². The molecule has 3 aromatic rings. The lowest BCUT2D eigenvalue weighted by atomic mass is 9.93. The van der Waals surface area contributed by atoms with Gasteiger partial charge in [-0.3, -0.25) is 9.59 Å². The lowest BCUT2D eigenvalue weighted by Gasteiger charge is -2.30. The number of amides is 1. The number of carbonyl (C=O) groups is 1. The van der Waals surface area contributed by atoms with Crippen molar-refractivity contribution in [3.05, 3.63) is 39.8 Å². The highest BCUT2D eigenvalue weighted by atomic mass is 19.4. The van der Waals surface area contributed by atoms with Gasteiger partial charge in [0.05, 0.1) is 5.39 Å². The number of hydrogen-bond donors (Lipinski definition) is 0. The average Bonchev–Trinajstić information content (AvgIpc) is 3.08. The molecule has 2 aromatic heterocycles. The molecule has 33 heavy (non-hydrogen) atoms. The molecule has 0 radical (unpaired) electrons. The summed E-state index contributed by atoms with van der Waals surface area (Å²) >= 11 is 0. The predicted octanol–water partition coefficient (Wildman–Crippen LogP) is 4.59. The number of halogens is 7. The van der Waals surface area contributed by atoms with Crippen LogP contribution in [0.25, 0.3) is 22.0 Å². The van der Waals surface area contributed by atoms with Gasteiger partial charge in [-0.2, -0.15) is 26.3 Å². The predicted molar refractivity (Wildman–Crippen MR) is 101 cm³/mol. The first-order valence-electron chi connectivity index (χ1n) is 9.82. The lowest BCUT2D eigenvalue weighted by Crippen LogP contribution is -2.36. The summed E-state index contributed by atoms with van der Waals surface area (Å²) < 4.78 is 99.7. The minimum atomic E-state index is -5.32. The highest BCUT2D eigenvalue weighted by molar-refractivity contribution is 6.01. The summed E-state index contributed by atoms with van der Waals surface area (Å²) in [4.78, 5) is 28.8. The molecular weight excluding hydrogens is 463 g/mol. The van der Waals surface area contributed by atoms with Crippen LogP contribution in [0.3, 0.4) is 0 Å². The quantitative estimate of drug-likeness (QED) is 0.505. The second kappa shape index (κ2) is 7.73. The molecule has 6 nitrogen and oxygen atoms in total. The first kappa shape index (κ1) is 23.1. The van der Waals surface area contributed by atoms with Crippen molar-refractivity contribution in [3.8, 4) is 0 Å². The number of nitrogens with zero attached hydrogens (tertiary/aromatic N) is 3. The third-order valence-corrected chi connectivity index (χ3v) is 5.62. The Labute approximate surface area is 180 Å². The smallest absolute Gasteiger partial charge is 0.449 e. The average molecular weight is 479 g/mol. The maximum atomic E-state index is 14.5. The molecule has 0 unspecified atom stereocenters. The molecule has 0 atom stereocenters. The van der Waals surface area contributed by atoms with Crippen LogP contribution in [-0.4, -0.2) is 39.6 Å². The molecule has 4 rings (SSSR count). The summed E-state index contributed by atoms with van der Waals surface area (Å²) in [6.07, 6.45) is -9.67. The number of fused-ring (bicyclic) bond motifs is 3. The van der Waals surface area contributed by atoms with Gasteiger partial charge in [-0.1, -0.05) is 0 Å². The maximum Gasteiger partial charge on any atom is 0.449 e. The van der Waals surface area contributed by atoms with E-state index in [2.05, 4.69) is 4.98 Å². The van der Waals surface area contributed by atoms with Crippen LogP contribution < -0.4 is 5.43 Å². The van der Waals surface area contributed by atoms with Crippen LogP contribution in [0.5, 0.6) is 0 Å². The van der Waals surface area contributed by atoms with Gasteiger partial charge < -0.3 is 13.9 Å². The zero-order valence-corrected chi connectivity index (χ0v) is 17.0. The standard InChI is InChI=1S/C20H16F7N3O3/c1-9(31)29-4-2-10(3-5-29)14-7-13(32)11-6-12(21)15-16(17(11)33-14)30(8-19(22,23)24)18(28-15)20(25,26)27/h6-7,10H,2-5,8H2,1H3. The molecular formula is C20H16F7N3O3. The number of imidazole rings is 1. The molecule has 3 heterocycles. The molecule has 0 aliphatic carbocycles. The van der Waals surface area contributed by atoms with Gasteiger partial charge in [-0.25, -0.2) is 9.37 Å². The van der Waals surface area contributed by atoms with Crippen LogP contribution in [0.15, 0.2) is 21.3 Å². The van der Waals surface area contributed by atoms with E-state index in [4.69, 9.17) is 4.42 Å². The van der Waals surface area contributed by atoms with Gasteiger partial charge >= 0.3 is 12.4 Å². The molecule has 1 aromatic carbocycles. The maximum absolute atomic E-state index is 14.5. The van der Waals surface area contributed by atoms with Gasteiger partial charge in [-0.05, 0) is 18.9 Å². The van der Waals surface area contributed by atoms with Crippen molar-refractivity contribution < 1.29 is 39.9 Å². The van der Waals surface area contributed by atoms with Gasteiger partial charge in [0, 0.05) is 32.0 Å².